The maximum atomic E-state index is 5.27. The molecule has 2 nitrogen and oxygen atoms in total. The van der Waals surface area contributed by atoms with E-state index in [9.17, 15) is 0 Å². The quantitative estimate of drug-likeness (QED) is 0.772. The van der Waals surface area contributed by atoms with E-state index in [0.717, 1.165) is 17.8 Å². The van der Waals surface area contributed by atoms with Gasteiger partial charge in [0.1, 0.15) is 5.75 Å². The number of ether oxygens (including phenoxy) is 1. The fourth-order valence-electron chi connectivity index (χ4n) is 3.13. The summed E-state index contributed by atoms with van der Waals surface area (Å²) < 4.78 is 5.27. The maximum Gasteiger partial charge on any atom is 0.119 e. The van der Waals surface area contributed by atoms with Gasteiger partial charge in [-0.25, -0.2) is 0 Å². The van der Waals surface area contributed by atoms with Crippen molar-refractivity contribution in [1.82, 2.24) is 0 Å². The normalized spacial score (nSPS) is 20.0. The van der Waals surface area contributed by atoms with Crippen LogP contribution in [0.4, 0.5) is 11.4 Å². The summed E-state index contributed by atoms with van der Waals surface area (Å²) in [6.07, 6.45) is 0. The minimum atomic E-state index is -1.37. The minimum absolute atomic E-state index is 0.731. The highest BCUT2D eigenvalue weighted by atomic mass is 28.3. The third-order valence-corrected chi connectivity index (χ3v) is 9.42. The van der Waals surface area contributed by atoms with Gasteiger partial charge in [-0.1, -0.05) is 38.2 Å². The Kier molecular flexibility index (Phi) is 3.53. The first-order valence-electron chi connectivity index (χ1n) is 7.55. The molecule has 0 saturated carbocycles. The summed E-state index contributed by atoms with van der Waals surface area (Å²) >= 11 is 0. The van der Waals surface area contributed by atoms with Crippen LogP contribution < -0.4 is 14.8 Å². The Morgan fingerprint density at radius 1 is 1.05 bits per heavy atom. The van der Waals surface area contributed by atoms with Crippen molar-refractivity contribution < 1.29 is 4.74 Å². The van der Waals surface area contributed by atoms with Gasteiger partial charge < -0.3 is 9.64 Å². The largest absolute Gasteiger partial charge is 0.497 e. The smallest absolute Gasteiger partial charge is 0.119 e. The van der Waals surface area contributed by atoms with E-state index in [2.05, 4.69) is 61.3 Å². The van der Waals surface area contributed by atoms with Crippen molar-refractivity contribution in [1.29, 1.82) is 0 Å². The van der Waals surface area contributed by atoms with E-state index in [-0.39, 0.29) is 0 Å². The summed E-state index contributed by atoms with van der Waals surface area (Å²) in [6.45, 7) is 8.48. The second-order valence-corrected chi connectivity index (χ2v) is 11.4. The lowest BCUT2D eigenvalue weighted by atomic mass is 10.2. The van der Waals surface area contributed by atoms with Gasteiger partial charge in [-0.3, -0.25) is 0 Å². The zero-order chi connectivity index (χ0) is 15.0. The van der Waals surface area contributed by atoms with E-state index in [1.165, 1.54) is 11.4 Å². The zero-order valence-corrected chi connectivity index (χ0v) is 14.3. The molecule has 1 unspecified atom stereocenters. The molecule has 3 rings (SSSR count). The van der Waals surface area contributed by atoms with Crippen LogP contribution in [0, 0.1) is 0 Å². The summed E-state index contributed by atoms with van der Waals surface area (Å²) in [6, 6.07) is 17.3. The number of nitrogens with zero attached hydrogens (tertiary/aromatic N) is 1. The lowest BCUT2D eigenvalue weighted by Crippen LogP contribution is -2.54. The number of hydrogen-bond donors (Lipinski definition) is 0. The van der Waals surface area contributed by atoms with Gasteiger partial charge in [-0.15, -0.1) is 0 Å². The standard InChI is InChI=1S/C18H23NOSi/c1-14-13-19(15-9-11-16(20-2)12-10-15)17-7-5-6-8-18(17)21(14,3)4/h5-12,14H,13H2,1-4H3. The lowest BCUT2D eigenvalue weighted by Gasteiger charge is -2.43. The molecular weight excluding hydrogens is 274 g/mol. The molecule has 0 fully saturated rings. The number of benzene rings is 2. The van der Waals surface area contributed by atoms with Crippen LogP contribution in [0.3, 0.4) is 0 Å². The van der Waals surface area contributed by atoms with E-state index >= 15 is 0 Å². The number of hydrogen-bond acceptors (Lipinski definition) is 2. The van der Waals surface area contributed by atoms with E-state index in [1.54, 1.807) is 12.3 Å². The Balaban J connectivity index is 2.07. The van der Waals surface area contributed by atoms with Crippen molar-refractivity contribution in [3.05, 3.63) is 48.5 Å². The number of para-hydroxylation sites is 1. The average Bonchev–Trinajstić information content (AvgIpc) is 2.51. The highest BCUT2D eigenvalue weighted by molar-refractivity contribution is 6.92. The molecule has 3 heteroatoms. The molecule has 1 heterocycles. The first-order valence-corrected chi connectivity index (χ1v) is 10.6. The van der Waals surface area contributed by atoms with Gasteiger partial charge in [0.2, 0.25) is 0 Å². The number of methoxy groups -OCH3 is 1. The number of rotatable bonds is 2. The van der Waals surface area contributed by atoms with Gasteiger partial charge in [0.25, 0.3) is 0 Å². The molecule has 1 aliphatic rings. The van der Waals surface area contributed by atoms with Crippen LogP contribution >= 0.6 is 0 Å². The Hall–Kier alpha value is -1.74. The fourth-order valence-corrected chi connectivity index (χ4v) is 5.70. The first-order chi connectivity index (χ1) is 10.0. The van der Waals surface area contributed by atoms with Crippen molar-refractivity contribution in [3.63, 3.8) is 0 Å². The monoisotopic (exact) mass is 297 g/mol. The summed E-state index contributed by atoms with van der Waals surface area (Å²) in [5.41, 5.74) is 3.37. The molecular formula is C18H23NOSi. The number of fused-ring (bicyclic) bond motifs is 1. The highest BCUT2D eigenvalue weighted by Gasteiger charge is 2.38. The predicted octanol–water partition coefficient (Wildman–Crippen LogP) is 4.15. The van der Waals surface area contributed by atoms with E-state index < -0.39 is 8.07 Å². The molecule has 2 aromatic rings. The summed E-state index contributed by atoms with van der Waals surface area (Å²) in [7, 11) is 0.336. The molecule has 0 aliphatic carbocycles. The van der Waals surface area contributed by atoms with E-state index in [1.807, 2.05) is 12.1 Å². The minimum Gasteiger partial charge on any atom is -0.497 e. The molecule has 110 valence electrons. The molecule has 0 spiro atoms. The molecule has 0 aromatic heterocycles. The summed E-state index contributed by atoms with van der Waals surface area (Å²) in [4.78, 5) is 2.46. The molecule has 0 amide bonds. The van der Waals surface area contributed by atoms with Gasteiger partial charge in [0.05, 0.1) is 15.2 Å². The summed E-state index contributed by atoms with van der Waals surface area (Å²) in [5.74, 6) is 0.909. The van der Waals surface area contributed by atoms with Crippen molar-refractivity contribution >= 4 is 24.6 Å². The van der Waals surface area contributed by atoms with Crippen molar-refractivity contribution in [2.75, 3.05) is 18.6 Å². The Bertz CT molecular complexity index is 636. The average molecular weight is 297 g/mol. The van der Waals surface area contributed by atoms with Crippen molar-refractivity contribution in [2.24, 2.45) is 0 Å². The topological polar surface area (TPSA) is 12.5 Å². The molecule has 21 heavy (non-hydrogen) atoms. The highest BCUT2D eigenvalue weighted by Crippen LogP contribution is 2.37. The van der Waals surface area contributed by atoms with Crippen LogP contribution in [0.5, 0.6) is 5.75 Å². The molecule has 2 aromatic carbocycles. The van der Waals surface area contributed by atoms with Crippen LogP contribution in [0.2, 0.25) is 18.6 Å². The molecule has 0 radical (unpaired) electrons. The van der Waals surface area contributed by atoms with Gasteiger partial charge in [0, 0.05) is 17.9 Å². The Labute approximate surface area is 128 Å². The SMILES string of the molecule is COc1ccc(N2CC(C)[Si](C)(C)c3ccccc32)cc1. The van der Waals surface area contributed by atoms with Crippen LogP contribution in [0.1, 0.15) is 6.92 Å². The lowest BCUT2D eigenvalue weighted by molar-refractivity contribution is 0.415. The van der Waals surface area contributed by atoms with Gasteiger partial charge in [-0.2, -0.15) is 0 Å². The maximum absolute atomic E-state index is 5.27. The molecule has 0 bridgehead atoms. The van der Waals surface area contributed by atoms with Crippen LogP contribution in [-0.2, 0) is 0 Å². The Morgan fingerprint density at radius 3 is 2.38 bits per heavy atom. The molecule has 1 aliphatic heterocycles. The van der Waals surface area contributed by atoms with Crippen LogP contribution in [-0.4, -0.2) is 21.7 Å². The van der Waals surface area contributed by atoms with Crippen molar-refractivity contribution in [2.45, 2.75) is 25.6 Å². The third-order valence-electron chi connectivity index (χ3n) is 4.96. The zero-order valence-electron chi connectivity index (χ0n) is 13.3. The van der Waals surface area contributed by atoms with E-state index in [4.69, 9.17) is 4.74 Å². The molecule has 0 N–H and O–H groups in total. The number of anilines is 2. The van der Waals surface area contributed by atoms with Crippen LogP contribution in [0.25, 0.3) is 0 Å². The Morgan fingerprint density at radius 2 is 1.71 bits per heavy atom. The van der Waals surface area contributed by atoms with Gasteiger partial charge in [-0.05, 0) is 41.1 Å². The first kappa shape index (κ1) is 14.2. The second kappa shape index (κ2) is 5.23. The van der Waals surface area contributed by atoms with Gasteiger partial charge >= 0.3 is 0 Å². The molecule has 1 atom stereocenters. The van der Waals surface area contributed by atoms with Gasteiger partial charge in [0.15, 0.2) is 0 Å². The third kappa shape index (κ3) is 2.36. The second-order valence-electron chi connectivity index (χ2n) is 6.45. The summed E-state index contributed by atoms with van der Waals surface area (Å²) in [5, 5.41) is 1.57. The predicted molar refractivity (Wildman–Crippen MR) is 93.0 cm³/mol. The van der Waals surface area contributed by atoms with Crippen molar-refractivity contribution in [3.8, 4) is 5.75 Å². The van der Waals surface area contributed by atoms with Crippen LogP contribution in [0.15, 0.2) is 48.5 Å². The molecule has 0 saturated heterocycles. The fraction of sp³-hybridized carbons (Fsp3) is 0.333. The van der Waals surface area contributed by atoms with E-state index in [0.29, 0.717) is 0 Å².